The van der Waals surface area contributed by atoms with Gasteiger partial charge in [0.2, 0.25) is 10.0 Å². The molecule has 0 unspecified atom stereocenters. The maximum atomic E-state index is 11.5. The molecule has 3 rings (SSSR count). The predicted octanol–water partition coefficient (Wildman–Crippen LogP) is 4.05. The summed E-state index contributed by atoms with van der Waals surface area (Å²) in [4.78, 5) is 0.154. The van der Waals surface area contributed by atoms with Crippen LogP contribution in [-0.4, -0.2) is 8.42 Å². The minimum atomic E-state index is -3.66. The lowest BCUT2D eigenvalue weighted by Crippen LogP contribution is -2.11. The van der Waals surface area contributed by atoms with Crippen LogP contribution in [0.25, 0.3) is 11.1 Å². The molecule has 0 atom stereocenters. The van der Waals surface area contributed by atoms with Crippen LogP contribution >= 0.6 is 0 Å². The quantitative estimate of drug-likeness (QED) is 0.929. The van der Waals surface area contributed by atoms with Gasteiger partial charge in [0.15, 0.2) is 0 Å². The standard InChI is InChI=1S/C18H21NO2S/c19-22(20,21)18-8-4-7-17(13-18)16-11-9-15(10-12-16)14-5-2-1-3-6-14/h4,7-14H,1-3,5-6H2,(H2,19,20,21). The third kappa shape index (κ3) is 3.39. The molecule has 0 saturated heterocycles. The molecule has 3 nitrogen and oxygen atoms in total. The van der Waals surface area contributed by atoms with Gasteiger partial charge >= 0.3 is 0 Å². The van der Waals surface area contributed by atoms with Crippen molar-refractivity contribution in [2.75, 3.05) is 0 Å². The van der Waals surface area contributed by atoms with Crippen LogP contribution in [0.5, 0.6) is 0 Å². The van der Waals surface area contributed by atoms with Crippen LogP contribution in [-0.2, 0) is 10.0 Å². The van der Waals surface area contributed by atoms with Gasteiger partial charge in [0, 0.05) is 0 Å². The smallest absolute Gasteiger partial charge is 0.225 e. The van der Waals surface area contributed by atoms with E-state index in [1.807, 2.05) is 6.07 Å². The van der Waals surface area contributed by atoms with E-state index in [4.69, 9.17) is 5.14 Å². The average molecular weight is 315 g/mol. The van der Waals surface area contributed by atoms with Gasteiger partial charge in [-0.2, -0.15) is 0 Å². The normalized spacial score (nSPS) is 16.6. The van der Waals surface area contributed by atoms with E-state index in [0.29, 0.717) is 5.92 Å². The van der Waals surface area contributed by atoms with Crippen molar-refractivity contribution in [3.8, 4) is 11.1 Å². The van der Waals surface area contributed by atoms with Gasteiger partial charge in [-0.05, 0) is 47.6 Å². The zero-order chi connectivity index (χ0) is 15.6. The molecular formula is C18H21NO2S. The van der Waals surface area contributed by atoms with Gasteiger partial charge in [0.25, 0.3) is 0 Å². The van der Waals surface area contributed by atoms with Crippen molar-refractivity contribution in [1.29, 1.82) is 0 Å². The maximum Gasteiger partial charge on any atom is 0.238 e. The van der Waals surface area contributed by atoms with E-state index in [9.17, 15) is 8.42 Å². The van der Waals surface area contributed by atoms with Crippen LogP contribution in [0.15, 0.2) is 53.4 Å². The molecule has 4 heteroatoms. The molecule has 2 aromatic rings. The fourth-order valence-corrected chi connectivity index (χ4v) is 3.80. The highest BCUT2D eigenvalue weighted by Crippen LogP contribution is 2.33. The Kier molecular flexibility index (Phi) is 4.32. The van der Waals surface area contributed by atoms with Crippen molar-refractivity contribution in [3.63, 3.8) is 0 Å². The molecule has 0 radical (unpaired) electrons. The zero-order valence-electron chi connectivity index (χ0n) is 12.5. The lowest BCUT2D eigenvalue weighted by Gasteiger charge is -2.22. The summed E-state index contributed by atoms with van der Waals surface area (Å²) in [7, 11) is -3.66. The Morgan fingerprint density at radius 1 is 0.864 bits per heavy atom. The summed E-state index contributed by atoms with van der Waals surface area (Å²) in [5.41, 5.74) is 3.29. The molecule has 2 aromatic carbocycles. The molecule has 0 bridgehead atoms. The summed E-state index contributed by atoms with van der Waals surface area (Å²) in [6.45, 7) is 0. The Morgan fingerprint density at radius 3 is 2.18 bits per heavy atom. The van der Waals surface area contributed by atoms with Gasteiger partial charge in [0.1, 0.15) is 0 Å². The molecule has 0 aliphatic heterocycles. The predicted molar refractivity (Wildman–Crippen MR) is 89.1 cm³/mol. The van der Waals surface area contributed by atoms with E-state index in [0.717, 1.165) is 11.1 Å². The summed E-state index contributed by atoms with van der Waals surface area (Å²) in [6, 6.07) is 15.3. The van der Waals surface area contributed by atoms with Crippen LogP contribution in [0.2, 0.25) is 0 Å². The van der Waals surface area contributed by atoms with Crippen molar-refractivity contribution in [3.05, 3.63) is 54.1 Å². The molecule has 0 aromatic heterocycles. The summed E-state index contributed by atoms with van der Waals surface area (Å²) >= 11 is 0. The summed E-state index contributed by atoms with van der Waals surface area (Å²) in [5.74, 6) is 0.679. The average Bonchev–Trinajstić information content (AvgIpc) is 2.55. The van der Waals surface area contributed by atoms with E-state index in [1.165, 1.54) is 43.7 Å². The first-order valence-corrected chi connectivity index (χ1v) is 9.32. The van der Waals surface area contributed by atoms with Gasteiger partial charge in [-0.1, -0.05) is 55.7 Å². The van der Waals surface area contributed by atoms with Gasteiger partial charge in [-0.25, -0.2) is 13.6 Å². The first kappa shape index (κ1) is 15.3. The molecule has 1 saturated carbocycles. The van der Waals surface area contributed by atoms with Crippen LogP contribution < -0.4 is 5.14 Å². The summed E-state index contributed by atoms with van der Waals surface area (Å²) < 4.78 is 22.9. The molecule has 1 aliphatic carbocycles. The van der Waals surface area contributed by atoms with E-state index >= 15 is 0 Å². The largest absolute Gasteiger partial charge is 0.238 e. The number of rotatable bonds is 3. The molecular weight excluding hydrogens is 294 g/mol. The van der Waals surface area contributed by atoms with Crippen molar-refractivity contribution < 1.29 is 8.42 Å². The third-order valence-corrected chi connectivity index (χ3v) is 5.39. The van der Waals surface area contributed by atoms with Crippen molar-refractivity contribution in [2.45, 2.75) is 42.9 Å². The van der Waals surface area contributed by atoms with Gasteiger partial charge in [-0.15, -0.1) is 0 Å². The van der Waals surface area contributed by atoms with Crippen molar-refractivity contribution in [1.82, 2.24) is 0 Å². The SMILES string of the molecule is NS(=O)(=O)c1cccc(-c2ccc(C3CCCCC3)cc2)c1. The van der Waals surface area contributed by atoms with Gasteiger partial charge in [0.05, 0.1) is 4.90 Å². The Labute approximate surface area is 132 Å². The molecule has 0 amide bonds. The minimum Gasteiger partial charge on any atom is -0.225 e. The molecule has 1 aliphatic rings. The van der Waals surface area contributed by atoms with Gasteiger partial charge in [-0.3, -0.25) is 0 Å². The fraction of sp³-hybridized carbons (Fsp3) is 0.333. The molecule has 22 heavy (non-hydrogen) atoms. The number of primary sulfonamides is 1. The van der Waals surface area contributed by atoms with E-state index in [1.54, 1.807) is 12.1 Å². The Morgan fingerprint density at radius 2 is 1.55 bits per heavy atom. The topological polar surface area (TPSA) is 60.2 Å². The lowest BCUT2D eigenvalue weighted by molar-refractivity contribution is 0.443. The number of hydrogen-bond donors (Lipinski definition) is 1. The highest BCUT2D eigenvalue weighted by molar-refractivity contribution is 7.89. The van der Waals surface area contributed by atoms with Crippen LogP contribution in [0.1, 0.15) is 43.6 Å². The summed E-state index contributed by atoms with van der Waals surface area (Å²) in [5, 5.41) is 5.20. The highest BCUT2D eigenvalue weighted by atomic mass is 32.2. The van der Waals surface area contributed by atoms with E-state index in [2.05, 4.69) is 24.3 Å². The van der Waals surface area contributed by atoms with Gasteiger partial charge < -0.3 is 0 Å². The maximum absolute atomic E-state index is 11.5. The fourth-order valence-electron chi connectivity index (χ4n) is 3.24. The monoisotopic (exact) mass is 315 g/mol. The molecule has 0 spiro atoms. The third-order valence-electron chi connectivity index (χ3n) is 4.48. The number of benzene rings is 2. The Hall–Kier alpha value is -1.65. The second kappa shape index (κ2) is 6.23. The van der Waals surface area contributed by atoms with Crippen LogP contribution in [0.4, 0.5) is 0 Å². The van der Waals surface area contributed by atoms with Crippen molar-refractivity contribution >= 4 is 10.0 Å². The molecule has 2 N–H and O–H groups in total. The van der Waals surface area contributed by atoms with Crippen LogP contribution in [0, 0.1) is 0 Å². The number of hydrogen-bond acceptors (Lipinski definition) is 2. The molecule has 0 heterocycles. The number of nitrogens with two attached hydrogens (primary N) is 1. The number of sulfonamides is 1. The minimum absolute atomic E-state index is 0.154. The first-order chi connectivity index (χ1) is 10.5. The summed E-state index contributed by atoms with van der Waals surface area (Å²) in [6.07, 6.45) is 6.56. The Bertz CT molecular complexity index is 745. The molecule has 1 fully saturated rings. The van der Waals surface area contributed by atoms with Crippen LogP contribution in [0.3, 0.4) is 0 Å². The first-order valence-electron chi connectivity index (χ1n) is 7.77. The lowest BCUT2D eigenvalue weighted by atomic mass is 9.84. The van der Waals surface area contributed by atoms with Crippen molar-refractivity contribution in [2.24, 2.45) is 5.14 Å². The second-order valence-electron chi connectivity index (χ2n) is 6.03. The van der Waals surface area contributed by atoms with E-state index < -0.39 is 10.0 Å². The Balaban J connectivity index is 1.86. The van der Waals surface area contributed by atoms with E-state index in [-0.39, 0.29) is 4.90 Å². The highest BCUT2D eigenvalue weighted by Gasteiger charge is 2.15. The molecule has 116 valence electrons. The zero-order valence-corrected chi connectivity index (χ0v) is 13.4. The second-order valence-corrected chi connectivity index (χ2v) is 7.59.